The highest BCUT2D eigenvalue weighted by Gasteiger charge is 2.15. The van der Waals surface area contributed by atoms with Crippen molar-refractivity contribution in [2.75, 3.05) is 5.75 Å². The molecular weight excluding hydrogens is 394 g/mol. The average Bonchev–Trinajstić information content (AvgIpc) is 3.10. The summed E-state index contributed by atoms with van der Waals surface area (Å²) in [6.45, 7) is 4.92. The van der Waals surface area contributed by atoms with Crippen LogP contribution in [0.3, 0.4) is 0 Å². The Morgan fingerprint density at radius 3 is 2.60 bits per heavy atom. The Hall–Kier alpha value is -3.19. The van der Waals surface area contributed by atoms with E-state index in [-0.39, 0.29) is 5.91 Å². The standard InChI is InChI=1S/C23H23N5OS/c1-3-30-23-25-16(2)13-19(27-23)22(29)24-14-21-26-18-11-7-8-12-20(18)28(21)15-17-9-5-4-6-10-17/h4-13H,3,14-15H2,1-2H3,(H,24,29). The molecule has 0 fully saturated rings. The molecule has 4 rings (SSSR count). The van der Waals surface area contributed by atoms with Gasteiger partial charge in [-0.25, -0.2) is 15.0 Å². The maximum absolute atomic E-state index is 12.8. The van der Waals surface area contributed by atoms with E-state index in [4.69, 9.17) is 4.98 Å². The van der Waals surface area contributed by atoms with Gasteiger partial charge in [0.2, 0.25) is 0 Å². The molecule has 2 heterocycles. The zero-order valence-corrected chi connectivity index (χ0v) is 17.8. The summed E-state index contributed by atoms with van der Waals surface area (Å²) in [6, 6.07) is 20.0. The van der Waals surface area contributed by atoms with Crippen LogP contribution >= 0.6 is 11.8 Å². The van der Waals surface area contributed by atoms with Crippen LogP contribution in [0.15, 0.2) is 65.8 Å². The van der Waals surface area contributed by atoms with Crippen molar-refractivity contribution in [2.24, 2.45) is 0 Å². The van der Waals surface area contributed by atoms with Crippen molar-refractivity contribution in [3.8, 4) is 0 Å². The summed E-state index contributed by atoms with van der Waals surface area (Å²) in [5.74, 6) is 1.44. The van der Waals surface area contributed by atoms with E-state index < -0.39 is 0 Å². The van der Waals surface area contributed by atoms with Crippen molar-refractivity contribution >= 4 is 28.7 Å². The predicted octanol–water partition coefficient (Wildman–Crippen LogP) is 4.23. The maximum Gasteiger partial charge on any atom is 0.270 e. The second-order valence-corrected chi connectivity index (χ2v) is 8.11. The Kier molecular flexibility index (Phi) is 6.09. The van der Waals surface area contributed by atoms with Crippen molar-refractivity contribution in [3.05, 3.63) is 83.4 Å². The molecule has 0 saturated carbocycles. The fraction of sp³-hybridized carbons (Fsp3) is 0.217. The third-order valence-corrected chi connectivity index (χ3v) is 5.39. The van der Waals surface area contributed by atoms with Crippen LogP contribution in [0.4, 0.5) is 0 Å². The van der Waals surface area contributed by atoms with Gasteiger partial charge in [0.1, 0.15) is 11.5 Å². The Bertz CT molecular complexity index is 1170. The monoisotopic (exact) mass is 417 g/mol. The summed E-state index contributed by atoms with van der Waals surface area (Å²) < 4.78 is 2.15. The number of carbonyl (C=O) groups is 1. The van der Waals surface area contributed by atoms with Gasteiger partial charge in [-0.05, 0) is 36.4 Å². The molecule has 0 spiro atoms. The smallest absolute Gasteiger partial charge is 0.270 e. The molecule has 0 aliphatic heterocycles. The van der Waals surface area contributed by atoms with Gasteiger partial charge in [-0.3, -0.25) is 4.79 Å². The van der Waals surface area contributed by atoms with Crippen LogP contribution < -0.4 is 5.32 Å². The molecule has 2 aromatic carbocycles. The molecule has 152 valence electrons. The minimum Gasteiger partial charge on any atom is -0.343 e. The molecule has 2 aromatic heterocycles. The minimum absolute atomic E-state index is 0.225. The maximum atomic E-state index is 12.8. The van der Waals surface area contributed by atoms with Gasteiger partial charge in [-0.1, -0.05) is 61.2 Å². The predicted molar refractivity (Wildman–Crippen MR) is 120 cm³/mol. The highest BCUT2D eigenvalue weighted by atomic mass is 32.2. The first-order valence-corrected chi connectivity index (χ1v) is 10.9. The van der Waals surface area contributed by atoms with Crippen molar-refractivity contribution < 1.29 is 4.79 Å². The van der Waals surface area contributed by atoms with Crippen LogP contribution in [0.5, 0.6) is 0 Å². The number of hydrogen-bond acceptors (Lipinski definition) is 5. The second-order valence-electron chi connectivity index (χ2n) is 6.88. The van der Waals surface area contributed by atoms with Crippen LogP contribution in [0, 0.1) is 6.92 Å². The van der Waals surface area contributed by atoms with Gasteiger partial charge in [0.15, 0.2) is 5.16 Å². The number of hydrogen-bond donors (Lipinski definition) is 1. The lowest BCUT2D eigenvalue weighted by atomic mass is 10.2. The van der Waals surface area contributed by atoms with Crippen LogP contribution in [0.2, 0.25) is 0 Å². The second kappa shape index (κ2) is 9.09. The van der Waals surface area contributed by atoms with E-state index in [9.17, 15) is 4.79 Å². The lowest BCUT2D eigenvalue weighted by Gasteiger charge is -2.11. The molecule has 7 heteroatoms. The number of benzene rings is 2. The van der Waals surface area contributed by atoms with Crippen molar-refractivity contribution in [1.82, 2.24) is 24.8 Å². The number of thioether (sulfide) groups is 1. The van der Waals surface area contributed by atoms with E-state index in [1.54, 1.807) is 6.07 Å². The fourth-order valence-electron chi connectivity index (χ4n) is 3.30. The van der Waals surface area contributed by atoms with E-state index in [0.717, 1.165) is 28.3 Å². The number of fused-ring (bicyclic) bond motifs is 1. The summed E-state index contributed by atoms with van der Waals surface area (Å²) >= 11 is 1.52. The normalized spacial score (nSPS) is 11.0. The average molecular weight is 418 g/mol. The van der Waals surface area contributed by atoms with Gasteiger partial charge in [-0.15, -0.1) is 0 Å². The number of aryl methyl sites for hydroxylation is 1. The highest BCUT2D eigenvalue weighted by molar-refractivity contribution is 7.99. The number of aromatic nitrogens is 4. The first kappa shape index (κ1) is 20.1. The first-order valence-electron chi connectivity index (χ1n) is 9.89. The van der Waals surface area contributed by atoms with Crippen LogP contribution in [0.1, 0.15) is 34.5 Å². The molecular formula is C23H23N5OS. The Balaban J connectivity index is 1.58. The molecule has 0 radical (unpaired) electrons. The molecule has 0 aliphatic carbocycles. The number of nitrogens with one attached hydrogen (secondary N) is 1. The molecule has 6 nitrogen and oxygen atoms in total. The topological polar surface area (TPSA) is 72.7 Å². The molecule has 0 atom stereocenters. The van der Waals surface area contributed by atoms with Crippen molar-refractivity contribution in [1.29, 1.82) is 0 Å². The summed E-state index contributed by atoms with van der Waals surface area (Å²) in [5, 5.41) is 3.60. The van der Waals surface area contributed by atoms with E-state index in [0.29, 0.717) is 23.9 Å². The molecule has 0 saturated heterocycles. The Labute approximate surface area is 179 Å². The third kappa shape index (κ3) is 4.52. The van der Waals surface area contributed by atoms with Crippen LogP contribution in [-0.2, 0) is 13.1 Å². The van der Waals surface area contributed by atoms with Crippen LogP contribution in [-0.4, -0.2) is 31.2 Å². The van der Waals surface area contributed by atoms with Crippen LogP contribution in [0.25, 0.3) is 11.0 Å². The summed E-state index contributed by atoms with van der Waals surface area (Å²) in [5.41, 5.74) is 4.30. The number of nitrogens with zero attached hydrogens (tertiary/aromatic N) is 4. The van der Waals surface area contributed by atoms with Gasteiger partial charge in [-0.2, -0.15) is 0 Å². The highest BCUT2D eigenvalue weighted by Crippen LogP contribution is 2.18. The zero-order valence-electron chi connectivity index (χ0n) is 17.0. The number of carbonyl (C=O) groups excluding carboxylic acids is 1. The Morgan fingerprint density at radius 1 is 1.03 bits per heavy atom. The van der Waals surface area contributed by atoms with Gasteiger partial charge in [0, 0.05) is 12.2 Å². The molecule has 1 N–H and O–H groups in total. The number of para-hydroxylation sites is 2. The minimum atomic E-state index is -0.225. The summed E-state index contributed by atoms with van der Waals surface area (Å²) in [7, 11) is 0. The van der Waals surface area contributed by atoms with E-state index in [1.165, 1.54) is 17.3 Å². The van der Waals surface area contributed by atoms with Crippen molar-refractivity contribution in [3.63, 3.8) is 0 Å². The Morgan fingerprint density at radius 2 is 1.80 bits per heavy atom. The number of amides is 1. The van der Waals surface area contributed by atoms with Gasteiger partial charge < -0.3 is 9.88 Å². The zero-order chi connectivity index (χ0) is 20.9. The van der Waals surface area contributed by atoms with E-state index in [1.807, 2.05) is 50.2 Å². The molecule has 30 heavy (non-hydrogen) atoms. The summed E-state index contributed by atoms with van der Waals surface area (Å²) in [4.78, 5) is 26.3. The fourth-order valence-corrected chi connectivity index (χ4v) is 3.93. The molecule has 0 bridgehead atoms. The molecule has 0 unspecified atom stereocenters. The molecule has 1 amide bonds. The lowest BCUT2D eigenvalue weighted by Crippen LogP contribution is -2.26. The van der Waals surface area contributed by atoms with E-state index in [2.05, 4.69) is 38.1 Å². The van der Waals surface area contributed by atoms with Gasteiger partial charge >= 0.3 is 0 Å². The molecule has 4 aromatic rings. The van der Waals surface area contributed by atoms with E-state index >= 15 is 0 Å². The van der Waals surface area contributed by atoms with Gasteiger partial charge in [0.25, 0.3) is 5.91 Å². The third-order valence-electron chi connectivity index (χ3n) is 4.66. The summed E-state index contributed by atoms with van der Waals surface area (Å²) in [6.07, 6.45) is 0. The lowest BCUT2D eigenvalue weighted by molar-refractivity contribution is 0.0943. The molecule has 0 aliphatic rings. The first-order chi connectivity index (χ1) is 14.6. The van der Waals surface area contributed by atoms with Crippen molar-refractivity contribution in [2.45, 2.75) is 32.1 Å². The number of rotatable bonds is 7. The SMILES string of the molecule is CCSc1nc(C)cc(C(=O)NCc2nc3ccccc3n2Cc2ccccc2)n1. The number of imidazole rings is 1. The largest absolute Gasteiger partial charge is 0.343 e. The van der Waals surface area contributed by atoms with Gasteiger partial charge in [0.05, 0.1) is 17.6 Å². The quantitative estimate of drug-likeness (QED) is 0.360.